The molecule has 1 aromatic heterocycles. The second kappa shape index (κ2) is 9.60. The van der Waals surface area contributed by atoms with Crippen molar-refractivity contribution in [3.05, 3.63) is 84.1 Å². The number of carbonyl (C=O) groups is 1. The van der Waals surface area contributed by atoms with E-state index in [1.165, 1.54) is 12.1 Å². The van der Waals surface area contributed by atoms with Crippen molar-refractivity contribution in [2.24, 2.45) is 0 Å². The van der Waals surface area contributed by atoms with Crippen molar-refractivity contribution >= 4 is 5.91 Å². The number of hydrogen-bond acceptors (Lipinski definition) is 4. The summed E-state index contributed by atoms with van der Waals surface area (Å²) >= 11 is 0. The molecule has 28 heavy (non-hydrogen) atoms. The molecule has 1 amide bonds. The maximum atomic E-state index is 13.2. The lowest BCUT2D eigenvalue weighted by Crippen LogP contribution is -2.33. The van der Waals surface area contributed by atoms with Gasteiger partial charge in [-0.2, -0.15) is 0 Å². The maximum Gasteiger partial charge on any atom is 0.228 e. The first kappa shape index (κ1) is 19.5. The summed E-state index contributed by atoms with van der Waals surface area (Å²) in [4.78, 5) is 12.7. The predicted octanol–water partition coefficient (Wildman–Crippen LogP) is 3.95. The van der Waals surface area contributed by atoms with Gasteiger partial charge in [0, 0.05) is 6.42 Å². The molecule has 146 valence electrons. The molecule has 1 unspecified atom stereocenters. The molecule has 3 aromatic rings. The third kappa shape index (κ3) is 5.36. The average Bonchev–Trinajstić information content (AvgIpc) is 3.24. The summed E-state index contributed by atoms with van der Waals surface area (Å²) in [6.45, 7) is 0.676. The molecule has 0 aliphatic carbocycles. The summed E-state index contributed by atoms with van der Waals surface area (Å²) in [6, 6.07) is 16.8. The van der Waals surface area contributed by atoms with E-state index in [1.54, 1.807) is 43.7 Å². The van der Waals surface area contributed by atoms with Crippen LogP contribution >= 0.6 is 0 Å². The normalized spacial score (nSPS) is 11.6. The molecular weight excluding hydrogens is 361 g/mol. The third-order valence-electron chi connectivity index (χ3n) is 4.30. The van der Waals surface area contributed by atoms with Gasteiger partial charge < -0.3 is 19.2 Å². The van der Waals surface area contributed by atoms with Gasteiger partial charge >= 0.3 is 0 Å². The highest BCUT2D eigenvalue weighted by molar-refractivity contribution is 5.83. The second-order valence-electron chi connectivity index (χ2n) is 6.20. The molecule has 1 N–H and O–H groups in total. The Hall–Kier alpha value is -3.28. The Morgan fingerprint density at radius 3 is 2.43 bits per heavy atom. The van der Waals surface area contributed by atoms with Crippen molar-refractivity contribution in [3.8, 4) is 11.5 Å². The molecule has 5 nitrogen and oxygen atoms in total. The Kier molecular flexibility index (Phi) is 6.68. The van der Waals surface area contributed by atoms with E-state index in [1.807, 2.05) is 18.2 Å². The maximum absolute atomic E-state index is 13.2. The summed E-state index contributed by atoms with van der Waals surface area (Å²) in [6.07, 6.45) is 1.96. The molecule has 0 spiro atoms. The van der Waals surface area contributed by atoms with Gasteiger partial charge in [0.25, 0.3) is 0 Å². The van der Waals surface area contributed by atoms with E-state index >= 15 is 0 Å². The van der Waals surface area contributed by atoms with E-state index in [-0.39, 0.29) is 11.7 Å². The van der Waals surface area contributed by atoms with Crippen LogP contribution in [0.3, 0.4) is 0 Å². The van der Waals surface area contributed by atoms with Crippen LogP contribution in [0.5, 0.6) is 11.5 Å². The first-order valence-electron chi connectivity index (χ1n) is 8.98. The number of carbonyl (C=O) groups excluding carboxylic acids is 1. The number of furan rings is 1. The van der Waals surface area contributed by atoms with E-state index in [4.69, 9.17) is 13.9 Å². The number of nitrogens with one attached hydrogen (secondary N) is 1. The van der Waals surface area contributed by atoms with Crippen LogP contribution in [0.4, 0.5) is 4.39 Å². The highest BCUT2D eigenvalue weighted by atomic mass is 19.1. The van der Waals surface area contributed by atoms with Crippen molar-refractivity contribution in [2.45, 2.75) is 12.3 Å². The first-order chi connectivity index (χ1) is 13.7. The van der Waals surface area contributed by atoms with E-state index in [9.17, 15) is 9.18 Å². The second-order valence-corrected chi connectivity index (χ2v) is 6.20. The minimum atomic E-state index is -0.479. The molecule has 0 fully saturated rings. The van der Waals surface area contributed by atoms with E-state index < -0.39 is 5.92 Å². The largest absolute Gasteiger partial charge is 0.497 e. The van der Waals surface area contributed by atoms with Crippen molar-refractivity contribution < 1.29 is 23.1 Å². The lowest BCUT2D eigenvalue weighted by atomic mass is 9.93. The quantitative estimate of drug-likeness (QED) is 0.569. The molecule has 2 aromatic carbocycles. The topological polar surface area (TPSA) is 60.7 Å². The van der Waals surface area contributed by atoms with Crippen LogP contribution in [0.25, 0.3) is 0 Å². The fourth-order valence-corrected chi connectivity index (χ4v) is 2.83. The molecule has 0 bridgehead atoms. The van der Waals surface area contributed by atoms with Gasteiger partial charge in [0.2, 0.25) is 5.91 Å². The van der Waals surface area contributed by atoms with E-state index in [0.29, 0.717) is 31.1 Å². The number of hydrogen-bond donors (Lipinski definition) is 1. The fraction of sp³-hybridized carbons (Fsp3) is 0.227. The highest BCUT2D eigenvalue weighted by Gasteiger charge is 2.22. The minimum absolute atomic E-state index is 0.165. The summed E-state index contributed by atoms with van der Waals surface area (Å²) in [5, 5.41) is 2.88. The zero-order chi connectivity index (χ0) is 19.8. The fourth-order valence-electron chi connectivity index (χ4n) is 2.83. The van der Waals surface area contributed by atoms with Crippen LogP contribution in [0.1, 0.15) is 17.2 Å². The van der Waals surface area contributed by atoms with Gasteiger partial charge in [-0.15, -0.1) is 0 Å². The Bertz CT molecular complexity index is 861. The highest BCUT2D eigenvalue weighted by Crippen LogP contribution is 2.22. The zero-order valence-electron chi connectivity index (χ0n) is 15.6. The lowest BCUT2D eigenvalue weighted by molar-refractivity contribution is -0.122. The van der Waals surface area contributed by atoms with Gasteiger partial charge in [-0.05, 0) is 54.1 Å². The van der Waals surface area contributed by atoms with Crippen LogP contribution in [0.15, 0.2) is 71.3 Å². The van der Waals surface area contributed by atoms with Crippen molar-refractivity contribution in [3.63, 3.8) is 0 Å². The van der Waals surface area contributed by atoms with Crippen LogP contribution in [0, 0.1) is 5.82 Å². The molecule has 0 aliphatic heterocycles. The number of rotatable bonds is 9. The van der Waals surface area contributed by atoms with E-state index in [0.717, 1.165) is 11.3 Å². The number of methoxy groups -OCH3 is 1. The van der Waals surface area contributed by atoms with Crippen molar-refractivity contribution in [2.75, 3.05) is 20.3 Å². The molecule has 1 heterocycles. The van der Waals surface area contributed by atoms with Gasteiger partial charge in [0.05, 0.1) is 25.8 Å². The van der Waals surface area contributed by atoms with Crippen LogP contribution in [0.2, 0.25) is 0 Å². The molecule has 1 atom stereocenters. The first-order valence-corrected chi connectivity index (χ1v) is 8.98. The van der Waals surface area contributed by atoms with Crippen LogP contribution < -0.4 is 14.8 Å². The molecular formula is C22H22FNO4. The van der Waals surface area contributed by atoms with Gasteiger partial charge in [-0.1, -0.05) is 12.1 Å². The van der Waals surface area contributed by atoms with Gasteiger partial charge in [0.15, 0.2) is 0 Å². The van der Waals surface area contributed by atoms with E-state index in [2.05, 4.69) is 5.32 Å². The smallest absolute Gasteiger partial charge is 0.228 e. The molecule has 0 saturated carbocycles. The Morgan fingerprint density at radius 2 is 1.79 bits per heavy atom. The Balaban J connectivity index is 1.56. The molecule has 3 rings (SSSR count). The molecule has 6 heteroatoms. The van der Waals surface area contributed by atoms with Crippen LogP contribution in [-0.2, 0) is 11.2 Å². The molecule has 0 saturated heterocycles. The monoisotopic (exact) mass is 383 g/mol. The SMILES string of the molecule is COc1ccc(OCCNC(=O)C(Cc2ccco2)c2ccc(F)cc2)cc1. The summed E-state index contributed by atoms with van der Waals surface area (Å²) in [5.74, 6) is 1.16. The number of ether oxygens (including phenoxy) is 2. The van der Waals surface area contributed by atoms with Crippen molar-refractivity contribution in [1.82, 2.24) is 5.32 Å². The Morgan fingerprint density at radius 1 is 1.07 bits per heavy atom. The number of amides is 1. The summed E-state index contributed by atoms with van der Waals surface area (Å²) in [5.41, 5.74) is 0.728. The van der Waals surface area contributed by atoms with Crippen molar-refractivity contribution in [1.29, 1.82) is 0 Å². The minimum Gasteiger partial charge on any atom is -0.497 e. The zero-order valence-corrected chi connectivity index (χ0v) is 15.6. The van der Waals surface area contributed by atoms with Crippen LogP contribution in [-0.4, -0.2) is 26.2 Å². The number of benzene rings is 2. The summed E-state index contributed by atoms with van der Waals surface area (Å²) in [7, 11) is 1.60. The Labute approximate surface area is 163 Å². The predicted molar refractivity (Wildman–Crippen MR) is 103 cm³/mol. The third-order valence-corrected chi connectivity index (χ3v) is 4.30. The number of halogens is 1. The molecule has 0 aliphatic rings. The standard InChI is InChI=1S/C22H22FNO4/c1-26-18-8-10-19(11-9-18)28-14-12-24-22(25)21(15-20-3-2-13-27-20)16-4-6-17(23)7-5-16/h2-11,13,21H,12,14-15H2,1H3,(H,24,25). The summed E-state index contributed by atoms with van der Waals surface area (Å²) < 4.78 is 29.3. The molecule has 0 radical (unpaired) electrons. The van der Waals surface area contributed by atoms with Gasteiger partial charge in [-0.25, -0.2) is 4.39 Å². The van der Waals surface area contributed by atoms with Gasteiger partial charge in [-0.3, -0.25) is 4.79 Å². The lowest BCUT2D eigenvalue weighted by Gasteiger charge is -2.17. The van der Waals surface area contributed by atoms with Gasteiger partial charge in [0.1, 0.15) is 29.7 Å². The average molecular weight is 383 g/mol.